The van der Waals surface area contributed by atoms with Crippen LogP contribution in [-0.4, -0.2) is 112 Å². The SMILES string of the molecule is CN=C(NCCCCN1CCN(c2cccc(C)c2)CC1)N1CCC(N2CCOCC2)C1.I. The molecule has 0 saturated carbocycles. The topological polar surface area (TPSA) is 46.6 Å². The van der Waals surface area contributed by atoms with Crippen LogP contribution in [0.5, 0.6) is 0 Å². The van der Waals surface area contributed by atoms with E-state index >= 15 is 0 Å². The van der Waals surface area contributed by atoms with Gasteiger partial charge in [-0.3, -0.25) is 14.8 Å². The van der Waals surface area contributed by atoms with Crippen molar-refractivity contribution in [3.63, 3.8) is 0 Å². The summed E-state index contributed by atoms with van der Waals surface area (Å²) in [5.41, 5.74) is 2.72. The molecule has 1 aromatic carbocycles. The number of aliphatic imine (C=N–C) groups is 1. The van der Waals surface area contributed by atoms with Crippen LogP contribution < -0.4 is 10.2 Å². The fourth-order valence-electron chi connectivity index (χ4n) is 5.22. The molecule has 7 nitrogen and oxygen atoms in total. The Labute approximate surface area is 217 Å². The lowest BCUT2D eigenvalue weighted by atomic mass is 10.2. The molecule has 0 amide bonds. The molecule has 3 aliphatic heterocycles. The van der Waals surface area contributed by atoms with Gasteiger partial charge in [0.05, 0.1) is 13.2 Å². The summed E-state index contributed by atoms with van der Waals surface area (Å²) in [6, 6.07) is 9.54. The van der Waals surface area contributed by atoms with Crippen molar-refractivity contribution in [1.29, 1.82) is 0 Å². The van der Waals surface area contributed by atoms with Gasteiger partial charge in [0.1, 0.15) is 0 Å². The van der Waals surface area contributed by atoms with Crippen molar-refractivity contribution in [2.75, 3.05) is 90.6 Å². The van der Waals surface area contributed by atoms with E-state index in [1.807, 2.05) is 7.05 Å². The van der Waals surface area contributed by atoms with E-state index in [0.29, 0.717) is 6.04 Å². The Morgan fingerprint density at radius 1 is 1.06 bits per heavy atom. The monoisotopic (exact) mass is 570 g/mol. The first-order valence-electron chi connectivity index (χ1n) is 12.5. The molecule has 3 saturated heterocycles. The number of anilines is 1. The number of unbranched alkanes of at least 4 members (excludes halogenated alkanes) is 1. The Kier molecular flexibility index (Phi) is 11.0. The van der Waals surface area contributed by atoms with Crippen molar-refractivity contribution >= 4 is 35.6 Å². The second-order valence-corrected chi connectivity index (χ2v) is 9.39. The van der Waals surface area contributed by atoms with Crippen LogP contribution in [0.15, 0.2) is 29.3 Å². The smallest absolute Gasteiger partial charge is 0.193 e. The molecule has 33 heavy (non-hydrogen) atoms. The Bertz CT molecular complexity index is 733. The molecule has 0 bridgehead atoms. The third kappa shape index (κ3) is 7.70. The summed E-state index contributed by atoms with van der Waals surface area (Å²) < 4.78 is 5.51. The van der Waals surface area contributed by atoms with E-state index in [1.165, 1.54) is 50.1 Å². The number of nitrogens with zero attached hydrogens (tertiary/aromatic N) is 5. The maximum Gasteiger partial charge on any atom is 0.193 e. The number of piperazine rings is 1. The number of nitrogens with one attached hydrogen (secondary N) is 1. The maximum atomic E-state index is 5.51. The minimum Gasteiger partial charge on any atom is -0.379 e. The zero-order chi connectivity index (χ0) is 22.2. The Morgan fingerprint density at radius 2 is 1.85 bits per heavy atom. The van der Waals surface area contributed by atoms with Crippen LogP contribution in [0.4, 0.5) is 5.69 Å². The standard InChI is InChI=1S/C25H42N6O.HI/c1-22-6-5-7-23(20-22)29-14-12-28(13-15-29)10-4-3-9-27-25(26-2)31-11-8-24(21-31)30-16-18-32-19-17-30;/h5-7,20,24H,3-4,8-19,21H2,1-2H3,(H,26,27);1H. The van der Waals surface area contributed by atoms with Crippen molar-refractivity contribution in [1.82, 2.24) is 20.0 Å². The van der Waals surface area contributed by atoms with Crippen molar-refractivity contribution in [2.24, 2.45) is 4.99 Å². The number of hydrogen-bond donors (Lipinski definition) is 1. The summed E-state index contributed by atoms with van der Waals surface area (Å²) in [5, 5.41) is 3.61. The van der Waals surface area contributed by atoms with Crippen LogP contribution in [0, 0.1) is 6.92 Å². The first kappa shape index (κ1) is 26.5. The third-order valence-electron chi connectivity index (χ3n) is 7.16. The van der Waals surface area contributed by atoms with Gasteiger partial charge in [-0.25, -0.2) is 0 Å². The Balaban J connectivity index is 0.00000306. The average molecular weight is 571 g/mol. The number of aryl methyl sites for hydroxylation is 1. The molecular formula is C25H43IN6O. The number of ether oxygens (including phenoxy) is 1. The average Bonchev–Trinajstić information content (AvgIpc) is 3.32. The van der Waals surface area contributed by atoms with Crippen molar-refractivity contribution in [2.45, 2.75) is 32.2 Å². The predicted octanol–water partition coefficient (Wildman–Crippen LogP) is 2.50. The number of likely N-dealkylation sites (tertiary alicyclic amines) is 1. The highest BCUT2D eigenvalue weighted by molar-refractivity contribution is 14.0. The van der Waals surface area contributed by atoms with Gasteiger partial charge in [0, 0.05) is 77.7 Å². The normalized spacial score (nSPS) is 23.0. The predicted molar refractivity (Wildman–Crippen MR) is 148 cm³/mol. The van der Waals surface area contributed by atoms with Crippen molar-refractivity contribution < 1.29 is 4.74 Å². The Hall–Kier alpha value is -1.10. The minimum atomic E-state index is 0. The molecule has 1 unspecified atom stereocenters. The zero-order valence-corrected chi connectivity index (χ0v) is 22.9. The minimum absolute atomic E-state index is 0. The molecule has 186 valence electrons. The van der Waals surface area contributed by atoms with Gasteiger partial charge >= 0.3 is 0 Å². The molecule has 8 heteroatoms. The fourth-order valence-corrected chi connectivity index (χ4v) is 5.22. The largest absolute Gasteiger partial charge is 0.379 e. The third-order valence-corrected chi connectivity index (χ3v) is 7.16. The van der Waals surface area contributed by atoms with Gasteiger partial charge in [0.2, 0.25) is 0 Å². The zero-order valence-electron chi connectivity index (χ0n) is 20.5. The summed E-state index contributed by atoms with van der Waals surface area (Å²) in [4.78, 5) is 14.7. The lowest BCUT2D eigenvalue weighted by Gasteiger charge is -2.36. The summed E-state index contributed by atoms with van der Waals surface area (Å²) in [5.74, 6) is 1.08. The highest BCUT2D eigenvalue weighted by atomic mass is 127. The molecule has 0 aromatic heterocycles. The summed E-state index contributed by atoms with van der Waals surface area (Å²) in [6.07, 6.45) is 3.66. The molecule has 1 aromatic rings. The molecular weight excluding hydrogens is 527 g/mol. The van der Waals surface area contributed by atoms with Crippen molar-refractivity contribution in [3.05, 3.63) is 29.8 Å². The summed E-state index contributed by atoms with van der Waals surface area (Å²) in [6.45, 7) is 15.1. The highest BCUT2D eigenvalue weighted by Gasteiger charge is 2.30. The molecule has 3 fully saturated rings. The fraction of sp³-hybridized carbons (Fsp3) is 0.720. The lowest BCUT2D eigenvalue weighted by Crippen LogP contribution is -2.47. The van der Waals surface area contributed by atoms with E-state index in [0.717, 1.165) is 65.0 Å². The van der Waals surface area contributed by atoms with E-state index in [2.05, 4.69) is 61.1 Å². The van der Waals surface area contributed by atoms with Gasteiger partial charge in [-0.15, -0.1) is 24.0 Å². The number of guanidine groups is 1. The van der Waals surface area contributed by atoms with Crippen LogP contribution in [0.2, 0.25) is 0 Å². The molecule has 0 aliphatic carbocycles. The van der Waals surface area contributed by atoms with Gasteiger partial charge in [-0.2, -0.15) is 0 Å². The first-order chi connectivity index (χ1) is 15.7. The number of halogens is 1. The van der Waals surface area contributed by atoms with Crippen LogP contribution in [0.3, 0.4) is 0 Å². The van der Waals surface area contributed by atoms with Crippen LogP contribution in [0.1, 0.15) is 24.8 Å². The molecule has 0 spiro atoms. The van der Waals surface area contributed by atoms with E-state index in [-0.39, 0.29) is 24.0 Å². The molecule has 0 radical (unpaired) electrons. The van der Waals surface area contributed by atoms with Gasteiger partial charge in [0.15, 0.2) is 5.96 Å². The highest BCUT2D eigenvalue weighted by Crippen LogP contribution is 2.18. The number of morpholine rings is 1. The summed E-state index contributed by atoms with van der Waals surface area (Å²) >= 11 is 0. The maximum absolute atomic E-state index is 5.51. The number of benzene rings is 1. The molecule has 3 aliphatic rings. The van der Waals surface area contributed by atoms with Crippen LogP contribution in [-0.2, 0) is 4.74 Å². The molecule has 3 heterocycles. The molecule has 1 N–H and O–H groups in total. The molecule has 4 rings (SSSR count). The quantitative estimate of drug-likeness (QED) is 0.236. The summed E-state index contributed by atoms with van der Waals surface area (Å²) in [7, 11) is 1.91. The van der Waals surface area contributed by atoms with Crippen LogP contribution in [0.25, 0.3) is 0 Å². The van der Waals surface area contributed by atoms with Gasteiger partial charge in [-0.05, 0) is 50.4 Å². The van der Waals surface area contributed by atoms with Crippen molar-refractivity contribution in [3.8, 4) is 0 Å². The lowest BCUT2D eigenvalue weighted by molar-refractivity contribution is 0.0195. The van der Waals surface area contributed by atoms with Gasteiger partial charge in [-0.1, -0.05) is 12.1 Å². The van der Waals surface area contributed by atoms with E-state index in [1.54, 1.807) is 0 Å². The van der Waals surface area contributed by atoms with Crippen LogP contribution >= 0.6 is 24.0 Å². The second-order valence-electron chi connectivity index (χ2n) is 9.39. The van der Waals surface area contributed by atoms with E-state index < -0.39 is 0 Å². The molecule has 1 atom stereocenters. The number of hydrogen-bond acceptors (Lipinski definition) is 5. The van der Waals surface area contributed by atoms with Gasteiger partial charge in [0.25, 0.3) is 0 Å². The number of rotatable bonds is 7. The second kappa shape index (κ2) is 13.7. The first-order valence-corrected chi connectivity index (χ1v) is 12.5. The van der Waals surface area contributed by atoms with Gasteiger partial charge < -0.3 is 19.9 Å². The van der Waals surface area contributed by atoms with E-state index in [4.69, 9.17) is 4.74 Å². The Morgan fingerprint density at radius 3 is 2.58 bits per heavy atom. The van der Waals surface area contributed by atoms with E-state index in [9.17, 15) is 0 Å².